The monoisotopic (exact) mass is 440 g/mol. The first-order valence-electron chi connectivity index (χ1n) is 11.4. The molecule has 0 aliphatic carbocycles. The van der Waals surface area contributed by atoms with Gasteiger partial charge < -0.3 is 15.1 Å². The minimum absolute atomic E-state index is 0.0386. The zero-order chi connectivity index (χ0) is 23.1. The van der Waals surface area contributed by atoms with Crippen molar-refractivity contribution in [1.29, 1.82) is 0 Å². The fraction of sp³-hybridized carbons (Fsp3) is 0.583. The molecular formula is C24H32N4O4. The summed E-state index contributed by atoms with van der Waals surface area (Å²) in [5.74, 6) is -0.237. The summed E-state index contributed by atoms with van der Waals surface area (Å²) in [5, 5.41) is 2.94. The van der Waals surface area contributed by atoms with Crippen LogP contribution in [0.4, 0.5) is 4.79 Å². The van der Waals surface area contributed by atoms with Gasteiger partial charge >= 0.3 is 6.03 Å². The molecule has 5 amide bonds. The average Bonchev–Trinajstić information content (AvgIpc) is 3.02. The van der Waals surface area contributed by atoms with Crippen LogP contribution >= 0.6 is 0 Å². The summed E-state index contributed by atoms with van der Waals surface area (Å²) in [6.45, 7) is 7.49. The number of imide groups is 1. The summed E-state index contributed by atoms with van der Waals surface area (Å²) in [4.78, 5) is 56.7. The van der Waals surface area contributed by atoms with Gasteiger partial charge in [-0.15, -0.1) is 0 Å². The van der Waals surface area contributed by atoms with Crippen molar-refractivity contribution in [3.8, 4) is 0 Å². The van der Waals surface area contributed by atoms with E-state index in [0.29, 0.717) is 51.0 Å². The standard InChI is InChI=1S/C24H32N4O4/c1-23(2,3)20(30)27-13-7-10-18(16-27)28-21(31)24(25-22(28)32)11-14-26(15-12-24)19(29)17-8-5-4-6-9-17/h4-6,8-9,18H,7,10-16H2,1-3H3,(H,25,32)/t18-/m0/s1. The number of nitrogens with one attached hydrogen (secondary N) is 1. The third kappa shape index (κ3) is 3.98. The molecule has 4 rings (SSSR count). The van der Waals surface area contributed by atoms with Gasteiger partial charge in [-0.3, -0.25) is 19.3 Å². The number of urea groups is 1. The molecule has 3 aliphatic rings. The lowest BCUT2D eigenvalue weighted by Crippen LogP contribution is -2.57. The molecule has 3 aliphatic heterocycles. The summed E-state index contributed by atoms with van der Waals surface area (Å²) in [5.41, 5.74) is -0.836. The Kier molecular flexibility index (Phi) is 5.73. The number of amides is 5. The zero-order valence-corrected chi connectivity index (χ0v) is 19.1. The molecule has 1 spiro atoms. The molecule has 1 atom stereocenters. The molecule has 1 N–H and O–H groups in total. The van der Waals surface area contributed by atoms with E-state index >= 15 is 0 Å². The van der Waals surface area contributed by atoms with E-state index in [-0.39, 0.29) is 29.8 Å². The molecule has 0 saturated carbocycles. The summed E-state index contributed by atoms with van der Waals surface area (Å²) in [6, 6.07) is 8.39. The van der Waals surface area contributed by atoms with Crippen molar-refractivity contribution < 1.29 is 19.2 Å². The maximum absolute atomic E-state index is 13.4. The van der Waals surface area contributed by atoms with Crippen molar-refractivity contribution >= 4 is 23.8 Å². The Morgan fingerprint density at radius 2 is 1.66 bits per heavy atom. The second-order valence-corrected chi connectivity index (χ2v) is 10.1. The summed E-state index contributed by atoms with van der Waals surface area (Å²) < 4.78 is 0. The van der Waals surface area contributed by atoms with Gasteiger partial charge in [0.05, 0.1) is 6.04 Å². The molecule has 0 bridgehead atoms. The van der Waals surface area contributed by atoms with E-state index in [1.807, 2.05) is 39.0 Å². The van der Waals surface area contributed by atoms with Crippen molar-refractivity contribution in [3.63, 3.8) is 0 Å². The van der Waals surface area contributed by atoms with Crippen molar-refractivity contribution in [2.45, 2.75) is 58.0 Å². The predicted molar refractivity (Wildman–Crippen MR) is 119 cm³/mol. The molecule has 0 unspecified atom stereocenters. The van der Waals surface area contributed by atoms with Crippen molar-refractivity contribution in [1.82, 2.24) is 20.0 Å². The molecule has 3 heterocycles. The first kappa shape index (κ1) is 22.3. The van der Waals surface area contributed by atoms with Gasteiger partial charge in [-0.1, -0.05) is 39.0 Å². The number of carbonyl (C=O) groups is 4. The second-order valence-electron chi connectivity index (χ2n) is 10.1. The first-order valence-corrected chi connectivity index (χ1v) is 11.4. The van der Waals surface area contributed by atoms with Crippen LogP contribution in [-0.4, -0.2) is 76.2 Å². The number of hydrogen-bond donors (Lipinski definition) is 1. The number of hydrogen-bond acceptors (Lipinski definition) is 4. The average molecular weight is 441 g/mol. The van der Waals surface area contributed by atoms with Gasteiger partial charge in [-0.2, -0.15) is 0 Å². The smallest absolute Gasteiger partial charge is 0.325 e. The van der Waals surface area contributed by atoms with Crippen LogP contribution in [0, 0.1) is 5.41 Å². The quantitative estimate of drug-likeness (QED) is 0.715. The van der Waals surface area contributed by atoms with E-state index in [4.69, 9.17) is 0 Å². The third-order valence-corrected chi connectivity index (χ3v) is 6.81. The Morgan fingerprint density at radius 1 is 1.00 bits per heavy atom. The van der Waals surface area contributed by atoms with Crippen molar-refractivity contribution in [2.24, 2.45) is 5.41 Å². The van der Waals surface area contributed by atoms with Gasteiger partial charge in [0.25, 0.3) is 11.8 Å². The van der Waals surface area contributed by atoms with Crippen LogP contribution in [0.1, 0.15) is 56.8 Å². The highest BCUT2D eigenvalue weighted by molar-refractivity contribution is 6.07. The molecular weight excluding hydrogens is 408 g/mol. The molecule has 1 aromatic carbocycles. The lowest BCUT2D eigenvalue weighted by atomic mass is 9.86. The Balaban J connectivity index is 1.43. The normalized spacial score (nSPS) is 23.5. The second kappa shape index (κ2) is 8.22. The molecule has 32 heavy (non-hydrogen) atoms. The molecule has 0 aromatic heterocycles. The largest absolute Gasteiger partial charge is 0.340 e. The SMILES string of the molecule is CC(C)(C)C(=O)N1CCC[C@H](N2C(=O)NC3(CCN(C(=O)c4ccccc4)CC3)C2=O)C1. The van der Waals surface area contributed by atoms with Crippen LogP contribution in [0.5, 0.6) is 0 Å². The van der Waals surface area contributed by atoms with Gasteiger partial charge in [-0.25, -0.2) is 4.79 Å². The Bertz CT molecular complexity index is 916. The molecule has 172 valence electrons. The lowest BCUT2D eigenvalue weighted by Gasteiger charge is -2.40. The van der Waals surface area contributed by atoms with Gasteiger partial charge in [0.2, 0.25) is 5.91 Å². The van der Waals surface area contributed by atoms with Gasteiger partial charge in [0.1, 0.15) is 5.54 Å². The Labute approximate surface area is 188 Å². The van der Waals surface area contributed by atoms with Crippen LogP contribution in [0.15, 0.2) is 30.3 Å². The van der Waals surface area contributed by atoms with Crippen molar-refractivity contribution in [3.05, 3.63) is 35.9 Å². The number of piperidine rings is 2. The molecule has 3 fully saturated rings. The highest BCUT2D eigenvalue weighted by atomic mass is 16.2. The van der Waals surface area contributed by atoms with Gasteiger partial charge in [0.15, 0.2) is 0 Å². The van der Waals surface area contributed by atoms with E-state index in [0.717, 1.165) is 6.42 Å². The van der Waals surface area contributed by atoms with Crippen LogP contribution in [-0.2, 0) is 9.59 Å². The van der Waals surface area contributed by atoms with Crippen LogP contribution in [0.2, 0.25) is 0 Å². The molecule has 8 nitrogen and oxygen atoms in total. The first-order chi connectivity index (χ1) is 15.1. The highest BCUT2D eigenvalue weighted by Crippen LogP contribution is 2.33. The van der Waals surface area contributed by atoms with E-state index in [1.165, 1.54) is 4.90 Å². The number of rotatable bonds is 2. The van der Waals surface area contributed by atoms with Gasteiger partial charge in [0, 0.05) is 37.2 Å². The highest BCUT2D eigenvalue weighted by Gasteiger charge is 2.55. The molecule has 0 radical (unpaired) electrons. The number of carbonyl (C=O) groups excluding carboxylic acids is 4. The topological polar surface area (TPSA) is 90.0 Å². The minimum atomic E-state index is -0.957. The van der Waals surface area contributed by atoms with E-state index in [9.17, 15) is 19.2 Å². The third-order valence-electron chi connectivity index (χ3n) is 6.81. The fourth-order valence-electron chi connectivity index (χ4n) is 4.99. The molecule has 1 aromatic rings. The van der Waals surface area contributed by atoms with E-state index in [1.54, 1.807) is 21.9 Å². The maximum Gasteiger partial charge on any atom is 0.325 e. The summed E-state index contributed by atoms with van der Waals surface area (Å²) >= 11 is 0. The lowest BCUT2D eigenvalue weighted by molar-refractivity contribution is -0.144. The number of nitrogens with zero attached hydrogens (tertiary/aromatic N) is 3. The van der Waals surface area contributed by atoms with Gasteiger partial charge in [-0.05, 0) is 37.8 Å². The number of likely N-dealkylation sites (tertiary alicyclic amines) is 2. The summed E-state index contributed by atoms with van der Waals surface area (Å²) in [6.07, 6.45) is 2.24. The van der Waals surface area contributed by atoms with Crippen molar-refractivity contribution in [2.75, 3.05) is 26.2 Å². The summed E-state index contributed by atoms with van der Waals surface area (Å²) in [7, 11) is 0. The minimum Gasteiger partial charge on any atom is -0.340 e. The fourth-order valence-corrected chi connectivity index (χ4v) is 4.99. The van der Waals surface area contributed by atoms with Crippen LogP contribution in [0.3, 0.4) is 0 Å². The van der Waals surface area contributed by atoms with E-state index < -0.39 is 11.0 Å². The molecule has 3 saturated heterocycles. The van der Waals surface area contributed by atoms with Crippen LogP contribution in [0.25, 0.3) is 0 Å². The predicted octanol–water partition coefficient (Wildman–Crippen LogP) is 2.25. The number of benzene rings is 1. The zero-order valence-electron chi connectivity index (χ0n) is 19.1. The van der Waals surface area contributed by atoms with Crippen LogP contribution < -0.4 is 5.32 Å². The Morgan fingerprint density at radius 3 is 2.28 bits per heavy atom. The maximum atomic E-state index is 13.4. The van der Waals surface area contributed by atoms with E-state index in [2.05, 4.69) is 5.32 Å². The Hall–Kier alpha value is -2.90. The molecule has 8 heteroatoms.